The summed E-state index contributed by atoms with van der Waals surface area (Å²) in [6.45, 7) is 2.96. The van der Waals surface area contributed by atoms with Crippen LogP contribution in [0.15, 0.2) is 58.5 Å². The van der Waals surface area contributed by atoms with E-state index in [2.05, 4.69) is 4.98 Å². The lowest BCUT2D eigenvalue weighted by Gasteiger charge is -2.18. The highest BCUT2D eigenvalue weighted by molar-refractivity contribution is 8.00. The van der Waals surface area contributed by atoms with Crippen molar-refractivity contribution in [2.75, 3.05) is 20.3 Å². The lowest BCUT2D eigenvalue weighted by Crippen LogP contribution is -2.25. The van der Waals surface area contributed by atoms with Crippen LogP contribution in [-0.2, 0) is 20.8 Å². The van der Waals surface area contributed by atoms with Crippen molar-refractivity contribution in [1.82, 2.24) is 9.55 Å². The highest BCUT2D eigenvalue weighted by atomic mass is 35.5. The van der Waals surface area contributed by atoms with E-state index >= 15 is 0 Å². The topological polar surface area (TPSA) is 70.4 Å². The molecule has 1 atom stereocenters. The van der Waals surface area contributed by atoms with Gasteiger partial charge in [-0.25, -0.2) is 4.98 Å². The maximum Gasteiger partial charge on any atom is 0.324 e. The average molecular weight is 447 g/mol. The number of hydrogen-bond acceptors (Lipinski definition) is 6. The van der Waals surface area contributed by atoms with Gasteiger partial charge in [-0.3, -0.25) is 14.2 Å². The summed E-state index contributed by atoms with van der Waals surface area (Å²) in [6, 6.07) is 14.3. The van der Waals surface area contributed by atoms with Crippen LogP contribution in [-0.4, -0.2) is 35.8 Å². The van der Waals surface area contributed by atoms with Gasteiger partial charge in [-0.2, -0.15) is 0 Å². The van der Waals surface area contributed by atoms with Gasteiger partial charge in [0.25, 0.3) is 5.56 Å². The third kappa shape index (κ3) is 5.22. The summed E-state index contributed by atoms with van der Waals surface area (Å²) in [5.41, 5.74) is 1.10. The van der Waals surface area contributed by atoms with Gasteiger partial charge in [-0.1, -0.05) is 53.7 Å². The molecule has 0 aliphatic heterocycles. The third-order valence-electron chi connectivity index (χ3n) is 4.44. The van der Waals surface area contributed by atoms with Crippen LogP contribution in [0, 0.1) is 0 Å². The molecule has 0 saturated carbocycles. The fourth-order valence-corrected chi connectivity index (χ4v) is 4.32. The summed E-state index contributed by atoms with van der Waals surface area (Å²) in [5, 5.41) is 0.761. The highest BCUT2D eigenvalue weighted by Gasteiger charge is 2.26. The first-order valence-corrected chi connectivity index (χ1v) is 10.9. The lowest BCUT2D eigenvalue weighted by atomic mass is 10.1. The number of carbonyl (C=O) groups is 1. The van der Waals surface area contributed by atoms with E-state index in [0.29, 0.717) is 40.7 Å². The fourth-order valence-electron chi connectivity index (χ4n) is 3.03. The van der Waals surface area contributed by atoms with E-state index in [1.165, 1.54) is 11.8 Å². The maximum absolute atomic E-state index is 13.2. The SMILES string of the molecule is CCOC(=O)C(Sc1nc2cc(Cl)ccc2c(=O)n1CCCOC)c1ccccc1. The van der Waals surface area contributed by atoms with Crippen LogP contribution in [0.25, 0.3) is 10.9 Å². The minimum Gasteiger partial charge on any atom is -0.465 e. The first-order chi connectivity index (χ1) is 14.5. The zero-order chi connectivity index (χ0) is 21.5. The van der Waals surface area contributed by atoms with Gasteiger partial charge < -0.3 is 9.47 Å². The second-order valence-corrected chi connectivity index (χ2v) is 8.03. The van der Waals surface area contributed by atoms with Crippen LogP contribution in [0.5, 0.6) is 0 Å². The number of carbonyl (C=O) groups excluding carboxylic acids is 1. The number of nitrogens with zero attached hydrogens (tertiary/aromatic N) is 2. The minimum atomic E-state index is -0.650. The van der Waals surface area contributed by atoms with Crippen molar-refractivity contribution < 1.29 is 14.3 Å². The standard InChI is InChI=1S/C22H23ClN2O4S/c1-3-29-21(27)19(15-8-5-4-6-9-15)30-22-24-18-14-16(23)10-11-17(18)20(26)25(22)12-7-13-28-2/h4-6,8-11,14,19H,3,7,12-13H2,1-2H3. The largest absolute Gasteiger partial charge is 0.465 e. The van der Waals surface area contributed by atoms with Gasteiger partial charge in [-0.05, 0) is 37.1 Å². The Balaban J connectivity index is 2.09. The summed E-state index contributed by atoms with van der Waals surface area (Å²) < 4.78 is 12.0. The molecule has 0 radical (unpaired) electrons. The Morgan fingerprint density at radius 2 is 2.00 bits per heavy atom. The molecular weight excluding hydrogens is 424 g/mol. The zero-order valence-corrected chi connectivity index (χ0v) is 18.4. The quantitative estimate of drug-likeness (QED) is 0.209. The summed E-state index contributed by atoms with van der Waals surface area (Å²) in [4.78, 5) is 30.6. The molecule has 1 aromatic heterocycles. The molecule has 0 spiro atoms. The maximum atomic E-state index is 13.2. The number of halogens is 1. The predicted octanol–water partition coefficient (Wildman–Crippen LogP) is 4.48. The molecular formula is C22H23ClN2O4S. The van der Waals surface area contributed by atoms with Crippen molar-refractivity contribution in [3.8, 4) is 0 Å². The number of aromatic nitrogens is 2. The molecule has 0 fully saturated rings. The van der Waals surface area contributed by atoms with Gasteiger partial charge >= 0.3 is 5.97 Å². The van der Waals surface area contributed by atoms with Crippen molar-refractivity contribution in [2.24, 2.45) is 0 Å². The number of fused-ring (bicyclic) bond motifs is 1. The first-order valence-electron chi connectivity index (χ1n) is 9.62. The number of esters is 1. The Kier molecular flexibility index (Phi) is 7.90. The normalized spacial score (nSPS) is 12.1. The van der Waals surface area contributed by atoms with E-state index < -0.39 is 5.25 Å². The van der Waals surface area contributed by atoms with E-state index in [1.54, 1.807) is 36.8 Å². The highest BCUT2D eigenvalue weighted by Crippen LogP contribution is 2.35. The van der Waals surface area contributed by atoms with Crippen molar-refractivity contribution in [1.29, 1.82) is 0 Å². The van der Waals surface area contributed by atoms with E-state index in [4.69, 9.17) is 21.1 Å². The van der Waals surface area contributed by atoms with Gasteiger partial charge in [0.2, 0.25) is 0 Å². The summed E-state index contributed by atoms with van der Waals surface area (Å²) in [7, 11) is 1.62. The molecule has 1 unspecified atom stereocenters. The molecule has 1 heterocycles. The van der Waals surface area contributed by atoms with Crippen LogP contribution < -0.4 is 5.56 Å². The van der Waals surface area contributed by atoms with Gasteiger partial charge in [-0.15, -0.1) is 0 Å². The molecule has 2 aromatic carbocycles. The molecule has 0 amide bonds. The number of methoxy groups -OCH3 is 1. The fraction of sp³-hybridized carbons (Fsp3) is 0.318. The Morgan fingerprint density at radius 3 is 2.70 bits per heavy atom. The number of thioether (sulfide) groups is 1. The molecule has 158 valence electrons. The van der Waals surface area contributed by atoms with Crippen LogP contribution >= 0.6 is 23.4 Å². The monoisotopic (exact) mass is 446 g/mol. The third-order valence-corrected chi connectivity index (χ3v) is 5.90. The smallest absolute Gasteiger partial charge is 0.324 e. The summed E-state index contributed by atoms with van der Waals surface area (Å²) in [5.74, 6) is -0.377. The second-order valence-electron chi connectivity index (χ2n) is 6.52. The van der Waals surface area contributed by atoms with Crippen LogP contribution in [0.4, 0.5) is 0 Å². The van der Waals surface area contributed by atoms with Gasteiger partial charge in [0.05, 0.1) is 17.5 Å². The van der Waals surface area contributed by atoms with Crippen molar-refractivity contribution in [3.05, 3.63) is 69.5 Å². The molecule has 30 heavy (non-hydrogen) atoms. The van der Waals surface area contributed by atoms with Crippen molar-refractivity contribution in [2.45, 2.75) is 30.3 Å². The molecule has 0 bridgehead atoms. The predicted molar refractivity (Wildman–Crippen MR) is 119 cm³/mol. The molecule has 0 saturated heterocycles. The Labute approximate surface area is 184 Å². The summed E-state index contributed by atoms with van der Waals surface area (Å²) in [6.07, 6.45) is 0.639. The number of ether oxygens (including phenoxy) is 2. The van der Waals surface area contributed by atoms with Crippen molar-refractivity contribution >= 4 is 40.2 Å². The first kappa shape index (κ1) is 22.3. The Bertz CT molecular complexity index is 1070. The second kappa shape index (κ2) is 10.6. The zero-order valence-electron chi connectivity index (χ0n) is 16.8. The Morgan fingerprint density at radius 1 is 1.23 bits per heavy atom. The van der Waals surface area contributed by atoms with Gasteiger partial charge in [0, 0.05) is 25.3 Å². The van der Waals surface area contributed by atoms with E-state index in [1.807, 2.05) is 30.3 Å². The molecule has 3 rings (SSSR count). The van der Waals surface area contributed by atoms with Crippen molar-refractivity contribution in [3.63, 3.8) is 0 Å². The van der Waals surface area contributed by atoms with E-state index in [0.717, 1.165) is 5.56 Å². The number of benzene rings is 2. The van der Waals surface area contributed by atoms with Gasteiger partial charge in [0.15, 0.2) is 5.16 Å². The Hall–Kier alpha value is -2.35. The van der Waals surface area contributed by atoms with Crippen LogP contribution in [0.1, 0.15) is 24.2 Å². The van der Waals surface area contributed by atoms with Crippen LogP contribution in [0.2, 0.25) is 5.02 Å². The minimum absolute atomic E-state index is 0.175. The number of rotatable bonds is 9. The molecule has 0 aliphatic rings. The molecule has 0 aliphatic carbocycles. The van der Waals surface area contributed by atoms with E-state index in [9.17, 15) is 9.59 Å². The lowest BCUT2D eigenvalue weighted by molar-refractivity contribution is -0.142. The molecule has 3 aromatic rings. The molecule has 0 N–H and O–H groups in total. The number of hydrogen-bond donors (Lipinski definition) is 0. The van der Waals surface area contributed by atoms with Crippen LogP contribution in [0.3, 0.4) is 0 Å². The molecule has 8 heteroatoms. The van der Waals surface area contributed by atoms with E-state index in [-0.39, 0.29) is 18.1 Å². The average Bonchev–Trinajstić information content (AvgIpc) is 2.74. The summed E-state index contributed by atoms with van der Waals surface area (Å²) >= 11 is 7.32. The molecule has 6 nitrogen and oxygen atoms in total. The van der Waals surface area contributed by atoms with Gasteiger partial charge in [0.1, 0.15) is 5.25 Å².